The minimum absolute atomic E-state index is 0.147. The summed E-state index contributed by atoms with van der Waals surface area (Å²) in [6, 6.07) is 20.3. The molecule has 0 spiro atoms. The van der Waals surface area contributed by atoms with E-state index in [0.29, 0.717) is 39.7 Å². The van der Waals surface area contributed by atoms with E-state index in [9.17, 15) is 14.4 Å². The van der Waals surface area contributed by atoms with E-state index in [2.05, 4.69) is 26.1 Å². The number of rotatable bonds is 9. The van der Waals surface area contributed by atoms with Gasteiger partial charge in [0, 0.05) is 16.1 Å². The highest BCUT2D eigenvalue weighted by Gasteiger charge is 2.12. The number of carbonyl (C=O) groups is 2. The molecule has 3 aromatic carbocycles. The van der Waals surface area contributed by atoms with Crippen LogP contribution in [0.1, 0.15) is 25.8 Å². The van der Waals surface area contributed by atoms with Gasteiger partial charge < -0.3 is 14.5 Å². The van der Waals surface area contributed by atoms with Crippen molar-refractivity contribution in [3.63, 3.8) is 0 Å². The highest BCUT2D eigenvalue weighted by atomic mass is 35.5. The van der Waals surface area contributed by atoms with Gasteiger partial charge in [-0.3, -0.25) is 9.59 Å². The first-order valence-electron chi connectivity index (χ1n) is 11.9. The Morgan fingerprint density at radius 2 is 1.62 bits per heavy atom. The number of fused-ring (bicyclic) bond motifs is 1. The van der Waals surface area contributed by atoms with Gasteiger partial charge in [-0.2, -0.15) is 15.3 Å². The number of carbonyl (C=O) groups excluding carboxylic acids is 2. The number of benzene rings is 3. The van der Waals surface area contributed by atoms with Crippen molar-refractivity contribution in [3.8, 4) is 5.75 Å². The molecule has 0 aliphatic carbocycles. The first kappa shape index (κ1) is 27.2. The molecule has 0 aliphatic rings. The van der Waals surface area contributed by atoms with Gasteiger partial charge in [0.05, 0.1) is 29.3 Å². The zero-order chi connectivity index (χ0) is 27.8. The molecule has 0 aliphatic heterocycles. The molecular formula is C28H24ClN5O5. The highest BCUT2D eigenvalue weighted by Crippen LogP contribution is 2.25. The van der Waals surface area contributed by atoms with Crippen molar-refractivity contribution in [2.45, 2.75) is 20.3 Å². The van der Waals surface area contributed by atoms with Crippen molar-refractivity contribution in [1.82, 2.24) is 5.43 Å². The number of anilines is 1. The molecule has 39 heavy (non-hydrogen) atoms. The van der Waals surface area contributed by atoms with Gasteiger partial charge in [-0.1, -0.05) is 11.6 Å². The van der Waals surface area contributed by atoms with Crippen molar-refractivity contribution in [3.05, 3.63) is 93.8 Å². The normalized spacial score (nSPS) is 11.5. The van der Waals surface area contributed by atoms with Crippen LogP contribution in [0.2, 0.25) is 5.02 Å². The van der Waals surface area contributed by atoms with Crippen molar-refractivity contribution >= 4 is 57.2 Å². The van der Waals surface area contributed by atoms with Crippen LogP contribution in [0.4, 0.5) is 17.1 Å². The van der Waals surface area contributed by atoms with E-state index in [1.54, 1.807) is 67.6 Å². The second kappa shape index (κ2) is 12.6. The van der Waals surface area contributed by atoms with Gasteiger partial charge in [0.2, 0.25) is 11.8 Å². The summed E-state index contributed by atoms with van der Waals surface area (Å²) in [7, 11) is 0. The molecule has 4 rings (SSSR count). The molecule has 11 heteroatoms. The number of halogens is 1. The van der Waals surface area contributed by atoms with Crippen molar-refractivity contribution in [1.29, 1.82) is 0 Å². The van der Waals surface area contributed by atoms with E-state index < -0.39 is 23.9 Å². The van der Waals surface area contributed by atoms with Gasteiger partial charge in [0.25, 0.3) is 0 Å². The predicted octanol–water partition coefficient (Wildman–Crippen LogP) is 6.13. The maximum Gasteiger partial charge on any atom is 0.345 e. The lowest BCUT2D eigenvalue weighted by molar-refractivity contribution is -0.126. The third-order valence-electron chi connectivity index (χ3n) is 5.33. The Hall–Kier alpha value is -4.83. The van der Waals surface area contributed by atoms with Crippen LogP contribution in [-0.2, 0) is 9.59 Å². The summed E-state index contributed by atoms with van der Waals surface area (Å²) >= 11 is 5.82. The molecule has 0 bridgehead atoms. The van der Waals surface area contributed by atoms with Crippen LogP contribution in [0.15, 0.2) is 97.3 Å². The average molecular weight is 546 g/mol. The quantitative estimate of drug-likeness (QED) is 0.0857. The first-order chi connectivity index (χ1) is 18.8. The Labute approximate surface area is 228 Å². The summed E-state index contributed by atoms with van der Waals surface area (Å²) in [6.45, 7) is 4.03. The van der Waals surface area contributed by atoms with Crippen LogP contribution >= 0.6 is 11.6 Å². The van der Waals surface area contributed by atoms with Crippen LogP contribution in [0.5, 0.6) is 5.75 Å². The lowest BCUT2D eigenvalue weighted by Gasteiger charge is -2.06. The van der Waals surface area contributed by atoms with E-state index in [1.807, 2.05) is 19.1 Å². The summed E-state index contributed by atoms with van der Waals surface area (Å²) in [6.07, 6.45) is -0.464. The molecule has 10 nitrogen and oxygen atoms in total. The van der Waals surface area contributed by atoms with E-state index >= 15 is 0 Å². The summed E-state index contributed by atoms with van der Waals surface area (Å²) in [5.74, 6) is -0.429. The van der Waals surface area contributed by atoms with Crippen molar-refractivity contribution < 1.29 is 18.7 Å². The molecule has 198 valence electrons. The monoisotopic (exact) mass is 545 g/mol. The number of hydrogen-bond donors (Lipinski definition) is 2. The van der Waals surface area contributed by atoms with Crippen molar-refractivity contribution in [2.75, 3.05) is 11.9 Å². The molecule has 1 aromatic heterocycles. The Morgan fingerprint density at radius 1 is 0.923 bits per heavy atom. The smallest absolute Gasteiger partial charge is 0.345 e. The Balaban J connectivity index is 1.43. The SMILES string of the molecule is CCOc1ccc(N=Nc2ccc3oc(=O)c(/C(C)=N\NC(=O)CC(=O)Nc4ccc(Cl)cc4)cc3c2)cc1. The third-order valence-corrected chi connectivity index (χ3v) is 5.58. The summed E-state index contributed by atoms with van der Waals surface area (Å²) < 4.78 is 10.8. The minimum Gasteiger partial charge on any atom is -0.494 e. The van der Waals surface area contributed by atoms with Crippen LogP contribution in [0, 0.1) is 0 Å². The fourth-order valence-electron chi connectivity index (χ4n) is 3.45. The maximum atomic E-state index is 12.5. The number of ether oxygens (including phenoxy) is 1. The highest BCUT2D eigenvalue weighted by molar-refractivity contribution is 6.30. The average Bonchev–Trinajstić information content (AvgIpc) is 2.92. The van der Waals surface area contributed by atoms with Crippen LogP contribution in [-0.4, -0.2) is 24.1 Å². The predicted molar refractivity (Wildman–Crippen MR) is 149 cm³/mol. The largest absolute Gasteiger partial charge is 0.494 e. The lowest BCUT2D eigenvalue weighted by Crippen LogP contribution is -2.26. The molecular weight excluding hydrogens is 522 g/mol. The molecule has 0 fully saturated rings. The van der Waals surface area contributed by atoms with Crippen LogP contribution < -0.4 is 21.1 Å². The molecule has 0 saturated carbocycles. The minimum atomic E-state index is -0.650. The fourth-order valence-corrected chi connectivity index (χ4v) is 3.57. The molecule has 2 N–H and O–H groups in total. The summed E-state index contributed by atoms with van der Waals surface area (Å²) in [4.78, 5) is 36.8. The van der Waals surface area contributed by atoms with Gasteiger partial charge in [-0.25, -0.2) is 10.2 Å². The van der Waals surface area contributed by atoms with E-state index in [4.69, 9.17) is 20.8 Å². The maximum absolute atomic E-state index is 12.5. The second-order valence-electron chi connectivity index (χ2n) is 8.26. The molecule has 1 heterocycles. The van der Waals surface area contributed by atoms with Crippen molar-refractivity contribution in [2.24, 2.45) is 15.3 Å². The van der Waals surface area contributed by atoms with Gasteiger partial charge >= 0.3 is 5.63 Å². The zero-order valence-corrected chi connectivity index (χ0v) is 21.9. The molecule has 0 saturated heterocycles. The van der Waals surface area contributed by atoms with E-state index in [0.717, 1.165) is 5.75 Å². The summed E-state index contributed by atoms with van der Waals surface area (Å²) in [5, 5.41) is 16.2. The third kappa shape index (κ3) is 7.59. The number of nitrogens with zero attached hydrogens (tertiary/aromatic N) is 3. The topological polar surface area (TPSA) is 135 Å². The Kier molecular flexibility index (Phi) is 8.80. The van der Waals surface area contributed by atoms with Gasteiger partial charge in [-0.15, -0.1) is 0 Å². The Morgan fingerprint density at radius 3 is 2.33 bits per heavy atom. The summed E-state index contributed by atoms with van der Waals surface area (Å²) in [5.41, 5.74) is 4.08. The van der Waals surface area contributed by atoms with Gasteiger partial charge in [0.1, 0.15) is 17.8 Å². The number of hydrazone groups is 1. The molecule has 0 atom stereocenters. The zero-order valence-electron chi connectivity index (χ0n) is 21.1. The van der Waals surface area contributed by atoms with E-state index in [-0.39, 0.29) is 11.3 Å². The Bertz CT molecular complexity index is 1610. The van der Waals surface area contributed by atoms with Gasteiger partial charge in [0.15, 0.2) is 0 Å². The molecule has 0 radical (unpaired) electrons. The van der Waals surface area contributed by atoms with Gasteiger partial charge in [-0.05, 0) is 86.6 Å². The number of azo groups is 1. The number of hydrogen-bond acceptors (Lipinski definition) is 8. The molecule has 4 aromatic rings. The first-order valence-corrected chi connectivity index (χ1v) is 12.3. The number of amides is 2. The second-order valence-corrected chi connectivity index (χ2v) is 8.70. The lowest BCUT2D eigenvalue weighted by atomic mass is 10.1. The number of nitrogens with one attached hydrogen (secondary N) is 2. The molecule has 0 unspecified atom stereocenters. The standard InChI is InChI=1S/C28H24ClN5O5/c1-3-38-23-11-8-21(9-12-23)32-33-22-10-13-25-18(14-22)15-24(28(37)39-25)17(2)31-34-27(36)16-26(35)30-20-6-4-19(29)5-7-20/h4-15H,3,16H2,1-2H3,(H,30,35)(H,34,36)/b31-17-,33-32?. The molecule has 2 amide bonds. The fraction of sp³-hybridized carbons (Fsp3) is 0.143. The van der Waals surface area contributed by atoms with Crippen LogP contribution in [0.3, 0.4) is 0 Å². The van der Waals surface area contributed by atoms with E-state index in [1.165, 1.54) is 0 Å². The van der Waals surface area contributed by atoms with Crippen LogP contribution in [0.25, 0.3) is 11.0 Å².